The first-order valence-corrected chi connectivity index (χ1v) is 9.28. The summed E-state index contributed by atoms with van der Waals surface area (Å²) in [4.78, 5) is 2.66. The third kappa shape index (κ3) is 3.80. The van der Waals surface area contributed by atoms with Crippen LogP contribution < -0.4 is 5.32 Å². The molecule has 0 aromatic rings. The van der Waals surface area contributed by atoms with Crippen LogP contribution in [0.25, 0.3) is 0 Å². The molecule has 0 aromatic carbocycles. The molecule has 2 heterocycles. The van der Waals surface area contributed by atoms with Crippen molar-refractivity contribution in [2.24, 2.45) is 5.92 Å². The van der Waals surface area contributed by atoms with Crippen molar-refractivity contribution in [3.63, 3.8) is 0 Å². The minimum absolute atomic E-state index is 0.294. The predicted molar refractivity (Wildman–Crippen MR) is 87.6 cm³/mol. The lowest BCUT2D eigenvalue weighted by Crippen LogP contribution is -2.44. The highest BCUT2D eigenvalue weighted by atomic mass is 16.5. The standard InChI is InChI=1S/C18H34N2O/c1-15(19-2)16-7-12-20(13-8-16)14-17-6-11-18(21-17)9-4-3-5-10-18/h15-17,19H,3-14H2,1-2H3. The van der Waals surface area contributed by atoms with Crippen molar-refractivity contribution in [1.82, 2.24) is 10.2 Å². The summed E-state index contributed by atoms with van der Waals surface area (Å²) >= 11 is 0. The Hall–Kier alpha value is -0.120. The van der Waals surface area contributed by atoms with E-state index < -0.39 is 0 Å². The fraction of sp³-hybridized carbons (Fsp3) is 1.00. The van der Waals surface area contributed by atoms with Gasteiger partial charge in [0.1, 0.15) is 0 Å². The number of hydrogen-bond donors (Lipinski definition) is 1. The molecule has 1 spiro atoms. The Morgan fingerprint density at radius 1 is 1.10 bits per heavy atom. The second-order valence-corrected chi connectivity index (χ2v) is 7.74. The molecule has 3 aliphatic rings. The second kappa shape index (κ2) is 6.97. The molecule has 3 fully saturated rings. The molecule has 1 aliphatic carbocycles. The van der Waals surface area contributed by atoms with Crippen LogP contribution >= 0.6 is 0 Å². The first-order chi connectivity index (χ1) is 10.2. The Kier molecular flexibility index (Phi) is 5.23. The summed E-state index contributed by atoms with van der Waals surface area (Å²) in [6.45, 7) is 6.04. The number of ether oxygens (including phenoxy) is 1. The van der Waals surface area contributed by atoms with Gasteiger partial charge in [-0.1, -0.05) is 19.3 Å². The number of piperidine rings is 1. The molecular weight excluding hydrogens is 260 g/mol. The van der Waals surface area contributed by atoms with Crippen LogP contribution in [0.5, 0.6) is 0 Å². The molecule has 3 rings (SSSR count). The van der Waals surface area contributed by atoms with E-state index in [-0.39, 0.29) is 0 Å². The highest BCUT2D eigenvalue weighted by Crippen LogP contribution is 2.42. The van der Waals surface area contributed by atoms with E-state index in [2.05, 4.69) is 24.2 Å². The maximum absolute atomic E-state index is 6.53. The van der Waals surface area contributed by atoms with Gasteiger partial charge in [-0.2, -0.15) is 0 Å². The van der Waals surface area contributed by atoms with Gasteiger partial charge in [0.2, 0.25) is 0 Å². The van der Waals surface area contributed by atoms with Crippen LogP contribution in [0.15, 0.2) is 0 Å². The molecule has 1 N–H and O–H groups in total. The summed E-state index contributed by atoms with van der Waals surface area (Å²) in [6.07, 6.45) is 12.7. The van der Waals surface area contributed by atoms with Crippen LogP contribution in [0.3, 0.4) is 0 Å². The molecular formula is C18H34N2O. The molecule has 21 heavy (non-hydrogen) atoms. The van der Waals surface area contributed by atoms with E-state index in [1.165, 1.54) is 77.4 Å². The Balaban J connectivity index is 1.42. The van der Waals surface area contributed by atoms with Crippen molar-refractivity contribution in [2.45, 2.75) is 82.5 Å². The maximum atomic E-state index is 6.53. The zero-order chi connectivity index (χ0) is 14.7. The van der Waals surface area contributed by atoms with Crippen molar-refractivity contribution in [1.29, 1.82) is 0 Å². The number of nitrogens with one attached hydrogen (secondary N) is 1. The summed E-state index contributed by atoms with van der Waals surface area (Å²) < 4.78 is 6.53. The minimum atomic E-state index is 0.294. The molecule has 0 amide bonds. The zero-order valence-electron chi connectivity index (χ0n) is 14.1. The third-order valence-electron chi connectivity index (χ3n) is 6.36. The van der Waals surface area contributed by atoms with Gasteiger partial charge in [-0.05, 0) is 71.5 Å². The molecule has 1 saturated carbocycles. The summed E-state index contributed by atoms with van der Waals surface area (Å²) in [7, 11) is 2.09. The number of hydrogen-bond acceptors (Lipinski definition) is 3. The largest absolute Gasteiger partial charge is 0.370 e. The molecule has 3 nitrogen and oxygen atoms in total. The van der Waals surface area contributed by atoms with E-state index in [1.807, 2.05) is 0 Å². The summed E-state index contributed by atoms with van der Waals surface area (Å²) in [6, 6.07) is 0.667. The normalized spacial score (nSPS) is 32.6. The summed E-state index contributed by atoms with van der Waals surface area (Å²) in [5, 5.41) is 3.42. The quantitative estimate of drug-likeness (QED) is 0.862. The molecule has 2 saturated heterocycles. The van der Waals surface area contributed by atoms with Gasteiger partial charge in [0.05, 0.1) is 11.7 Å². The van der Waals surface area contributed by atoms with E-state index >= 15 is 0 Å². The van der Waals surface area contributed by atoms with Crippen molar-refractivity contribution in [3.8, 4) is 0 Å². The fourth-order valence-electron chi connectivity index (χ4n) is 4.75. The zero-order valence-corrected chi connectivity index (χ0v) is 14.1. The molecule has 122 valence electrons. The molecule has 0 aromatic heterocycles. The van der Waals surface area contributed by atoms with Gasteiger partial charge < -0.3 is 15.0 Å². The van der Waals surface area contributed by atoms with E-state index in [0.29, 0.717) is 17.7 Å². The highest BCUT2D eigenvalue weighted by Gasteiger charge is 2.41. The fourth-order valence-corrected chi connectivity index (χ4v) is 4.75. The Labute approximate surface area is 130 Å². The molecule has 2 atom stereocenters. The summed E-state index contributed by atoms with van der Waals surface area (Å²) in [5.74, 6) is 0.862. The average Bonchev–Trinajstić information content (AvgIpc) is 2.90. The Bertz CT molecular complexity index is 319. The number of rotatable bonds is 4. The number of likely N-dealkylation sites (tertiary alicyclic amines) is 1. The van der Waals surface area contributed by atoms with Crippen LogP contribution in [0.1, 0.15) is 64.7 Å². The van der Waals surface area contributed by atoms with E-state index in [9.17, 15) is 0 Å². The van der Waals surface area contributed by atoms with Crippen LogP contribution in [-0.2, 0) is 4.74 Å². The minimum Gasteiger partial charge on any atom is -0.370 e. The first-order valence-electron chi connectivity index (χ1n) is 9.28. The van der Waals surface area contributed by atoms with Gasteiger partial charge in [-0.25, -0.2) is 0 Å². The molecule has 3 heteroatoms. The van der Waals surface area contributed by atoms with E-state index in [4.69, 9.17) is 4.74 Å². The lowest BCUT2D eigenvalue weighted by Gasteiger charge is -2.37. The van der Waals surface area contributed by atoms with E-state index in [0.717, 1.165) is 5.92 Å². The van der Waals surface area contributed by atoms with Crippen molar-refractivity contribution >= 4 is 0 Å². The Morgan fingerprint density at radius 3 is 2.48 bits per heavy atom. The van der Waals surface area contributed by atoms with Gasteiger partial charge in [0.15, 0.2) is 0 Å². The van der Waals surface area contributed by atoms with Gasteiger partial charge in [-0.3, -0.25) is 0 Å². The highest BCUT2D eigenvalue weighted by molar-refractivity contribution is 4.92. The predicted octanol–water partition coefficient (Wildman–Crippen LogP) is 3.19. The SMILES string of the molecule is CNC(C)C1CCN(CC2CCC3(CCCCC3)O2)CC1. The van der Waals surface area contributed by atoms with Crippen LogP contribution in [0, 0.1) is 5.92 Å². The molecule has 2 unspecified atom stereocenters. The van der Waals surface area contributed by atoms with Gasteiger partial charge >= 0.3 is 0 Å². The number of nitrogens with zero attached hydrogens (tertiary/aromatic N) is 1. The van der Waals surface area contributed by atoms with Crippen LogP contribution in [0.4, 0.5) is 0 Å². The summed E-state index contributed by atoms with van der Waals surface area (Å²) in [5.41, 5.74) is 0.294. The average molecular weight is 294 g/mol. The maximum Gasteiger partial charge on any atom is 0.0710 e. The second-order valence-electron chi connectivity index (χ2n) is 7.74. The molecule has 0 bridgehead atoms. The monoisotopic (exact) mass is 294 g/mol. The molecule has 2 aliphatic heterocycles. The van der Waals surface area contributed by atoms with Crippen molar-refractivity contribution in [2.75, 3.05) is 26.7 Å². The lowest BCUT2D eigenvalue weighted by atomic mass is 9.83. The third-order valence-corrected chi connectivity index (χ3v) is 6.36. The van der Waals surface area contributed by atoms with E-state index in [1.54, 1.807) is 0 Å². The first kappa shape index (κ1) is 15.8. The Morgan fingerprint density at radius 2 is 1.81 bits per heavy atom. The van der Waals surface area contributed by atoms with Crippen molar-refractivity contribution < 1.29 is 4.74 Å². The van der Waals surface area contributed by atoms with Gasteiger partial charge in [-0.15, -0.1) is 0 Å². The smallest absolute Gasteiger partial charge is 0.0710 e. The lowest BCUT2D eigenvalue weighted by molar-refractivity contribution is -0.0738. The van der Waals surface area contributed by atoms with Crippen LogP contribution in [0.2, 0.25) is 0 Å². The van der Waals surface area contributed by atoms with Gasteiger partial charge in [0, 0.05) is 12.6 Å². The van der Waals surface area contributed by atoms with Crippen LogP contribution in [-0.4, -0.2) is 49.3 Å². The molecule has 0 radical (unpaired) electrons. The van der Waals surface area contributed by atoms with Gasteiger partial charge in [0.25, 0.3) is 0 Å². The van der Waals surface area contributed by atoms with Crippen molar-refractivity contribution in [3.05, 3.63) is 0 Å². The topological polar surface area (TPSA) is 24.5 Å².